The minimum Gasteiger partial charge on any atom is -0.466 e. The van der Waals surface area contributed by atoms with Gasteiger partial charge in [-0.15, -0.1) is 0 Å². The van der Waals surface area contributed by atoms with Gasteiger partial charge in [0.05, 0.1) is 13.0 Å². The molecule has 0 fully saturated rings. The third-order valence-corrected chi connectivity index (χ3v) is 1.89. The molecule has 1 aromatic rings. The highest BCUT2D eigenvalue weighted by Gasteiger charge is 2.14. The fourth-order valence-electron chi connectivity index (χ4n) is 1.25. The number of hydrogen-bond acceptors (Lipinski definition) is 3. The number of esters is 1. The highest BCUT2D eigenvalue weighted by Crippen LogP contribution is 2.22. The van der Waals surface area contributed by atoms with Gasteiger partial charge in [0.1, 0.15) is 11.6 Å². The van der Waals surface area contributed by atoms with Crippen molar-refractivity contribution in [3.8, 4) is 5.75 Å². The molecule has 1 aromatic carbocycles. The van der Waals surface area contributed by atoms with E-state index in [2.05, 4.69) is 9.47 Å². The summed E-state index contributed by atoms with van der Waals surface area (Å²) >= 11 is 0. The van der Waals surface area contributed by atoms with Crippen LogP contribution in [0.15, 0.2) is 18.2 Å². The Morgan fingerprint density at radius 2 is 2.12 bits per heavy atom. The average molecular weight is 248 g/mol. The Labute approximate surface area is 96.1 Å². The van der Waals surface area contributed by atoms with Gasteiger partial charge in [0, 0.05) is 11.6 Å². The van der Waals surface area contributed by atoms with Crippen LogP contribution in [0.4, 0.5) is 13.2 Å². The molecule has 17 heavy (non-hydrogen) atoms. The fourth-order valence-corrected chi connectivity index (χ4v) is 1.25. The van der Waals surface area contributed by atoms with Crippen LogP contribution in [0.3, 0.4) is 0 Å². The number of hydrogen-bond donors (Lipinski definition) is 0. The maximum atomic E-state index is 12.8. The van der Waals surface area contributed by atoms with Crippen LogP contribution in [0, 0.1) is 5.82 Å². The zero-order valence-corrected chi connectivity index (χ0v) is 9.08. The summed E-state index contributed by atoms with van der Waals surface area (Å²) in [5.41, 5.74) is 0.158. The van der Waals surface area contributed by atoms with Crippen molar-refractivity contribution in [3.05, 3.63) is 29.6 Å². The van der Waals surface area contributed by atoms with E-state index in [1.165, 1.54) is 6.07 Å². The van der Waals surface area contributed by atoms with Gasteiger partial charge >= 0.3 is 12.6 Å². The second-order valence-corrected chi connectivity index (χ2v) is 3.11. The van der Waals surface area contributed by atoms with E-state index < -0.39 is 18.4 Å². The van der Waals surface area contributed by atoms with Crippen LogP contribution in [0.2, 0.25) is 0 Å². The number of rotatable bonds is 5. The van der Waals surface area contributed by atoms with Gasteiger partial charge in [-0.05, 0) is 13.0 Å². The van der Waals surface area contributed by atoms with Gasteiger partial charge in [-0.25, -0.2) is 4.39 Å². The first-order valence-corrected chi connectivity index (χ1v) is 4.91. The molecule has 0 aliphatic heterocycles. The number of alkyl halides is 2. The Morgan fingerprint density at radius 1 is 1.41 bits per heavy atom. The quantitative estimate of drug-likeness (QED) is 0.751. The van der Waals surface area contributed by atoms with Crippen molar-refractivity contribution in [1.29, 1.82) is 0 Å². The molecule has 0 aliphatic rings. The van der Waals surface area contributed by atoms with Crippen molar-refractivity contribution >= 4 is 5.97 Å². The topological polar surface area (TPSA) is 35.5 Å². The van der Waals surface area contributed by atoms with Gasteiger partial charge < -0.3 is 9.47 Å². The molecule has 0 aliphatic carbocycles. The molecule has 0 unspecified atom stereocenters. The predicted octanol–water partition coefficient (Wildman–Crippen LogP) is 2.53. The van der Waals surface area contributed by atoms with Crippen molar-refractivity contribution < 1.29 is 27.4 Å². The van der Waals surface area contributed by atoms with E-state index in [1.54, 1.807) is 6.92 Å². The number of benzene rings is 1. The van der Waals surface area contributed by atoms with Gasteiger partial charge in [0.15, 0.2) is 0 Å². The van der Waals surface area contributed by atoms with E-state index in [1.807, 2.05) is 0 Å². The molecule has 94 valence electrons. The molecule has 0 saturated carbocycles. The van der Waals surface area contributed by atoms with Gasteiger partial charge in [0.25, 0.3) is 0 Å². The molecule has 0 spiro atoms. The smallest absolute Gasteiger partial charge is 0.387 e. The molecule has 0 bridgehead atoms. The van der Waals surface area contributed by atoms with Gasteiger partial charge in [-0.2, -0.15) is 8.78 Å². The normalized spacial score (nSPS) is 10.4. The Hall–Kier alpha value is -1.72. The third-order valence-electron chi connectivity index (χ3n) is 1.89. The van der Waals surface area contributed by atoms with Crippen molar-refractivity contribution in [2.24, 2.45) is 0 Å². The van der Waals surface area contributed by atoms with Crippen molar-refractivity contribution in [3.63, 3.8) is 0 Å². The molecule has 1 rings (SSSR count). The highest BCUT2D eigenvalue weighted by atomic mass is 19.3. The monoisotopic (exact) mass is 248 g/mol. The molecule has 0 atom stereocenters. The molecule has 3 nitrogen and oxygen atoms in total. The predicted molar refractivity (Wildman–Crippen MR) is 53.4 cm³/mol. The zero-order chi connectivity index (χ0) is 12.8. The molecule has 0 heterocycles. The molecule has 0 radical (unpaired) electrons. The molecule has 0 saturated heterocycles. The minimum absolute atomic E-state index is 0.158. The lowest BCUT2D eigenvalue weighted by Crippen LogP contribution is -2.11. The first-order chi connectivity index (χ1) is 8.02. The second-order valence-electron chi connectivity index (χ2n) is 3.11. The number of ether oxygens (including phenoxy) is 2. The van der Waals surface area contributed by atoms with Crippen LogP contribution >= 0.6 is 0 Å². The summed E-state index contributed by atoms with van der Waals surface area (Å²) in [6.07, 6.45) is -0.240. The summed E-state index contributed by atoms with van der Waals surface area (Å²) in [7, 11) is 0. The summed E-state index contributed by atoms with van der Waals surface area (Å²) in [6, 6.07) is 3.08. The lowest BCUT2D eigenvalue weighted by molar-refractivity contribution is -0.142. The SMILES string of the molecule is CCOC(=O)Cc1ccc(F)cc1OC(F)F. The summed E-state index contributed by atoms with van der Waals surface area (Å²) < 4.78 is 45.7. The molecule has 6 heteroatoms. The maximum absolute atomic E-state index is 12.8. The summed E-state index contributed by atoms with van der Waals surface area (Å²) in [6.45, 7) is -1.26. The first kappa shape index (κ1) is 13.3. The van der Waals surface area contributed by atoms with Gasteiger partial charge in [0.2, 0.25) is 0 Å². The summed E-state index contributed by atoms with van der Waals surface area (Å²) in [5.74, 6) is -1.65. The van der Waals surface area contributed by atoms with Crippen molar-refractivity contribution in [2.45, 2.75) is 20.0 Å². The second kappa shape index (κ2) is 6.12. The Morgan fingerprint density at radius 3 is 2.71 bits per heavy atom. The molecule has 0 aromatic heterocycles. The Bertz CT molecular complexity index is 394. The number of carbonyl (C=O) groups is 1. The Balaban J connectivity index is 2.86. The molecule has 0 N–H and O–H groups in total. The zero-order valence-electron chi connectivity index (χ0n) is 9.08. The van der Waals surface area contributed by atoms with Gasteiger partial charge in [-0.1, -0.05) is 6.07 Å². The summed E-state index contributed by atoms with van der Waals surface area (Å²) in [5, 5.41) is 0. The van der Waals surface area contributed by atoms with Crippen LogP contribution in [0.25, 0.3) is 0 Å². The fraction of sp³-hybridized carbons (Fsp3) is 0.364. The van der Waals surface area contributed by atoms with E-state index in [9.17, 15) is 18.0 Å². The number of carbonyl (C=O) groups excluding carboxylic acids is 1. The van der Waals surface area contributed by atoms with Crippen LogP contribution in [-0.4, -0.2) is 19.2 Å². The molecule has 0 amide bonds. The summed E-state index contributed by atoms with van der Waals surface area (Å²) in [4.78, 5) is 11.2. The van der Waals surface area contributed by atoms with E-state index in [0.29, 0.717) is 0 Å². The van der Waals surface area contributed by atoms with Crippen LogP contribution in [0.5, 0.6) is 5.75 Å². The molecular weight excluding hydrogens is 237 g/mol. The highest BCUT2D eigenvalue weighted by molar-refractivity contribution is 5.73. The van der Waals surface area contributed by atoms with Gasteiger partial charge in [-0.3, -0.25) is 4.79 Å². The maximum Gasteiger partial charge on any atom is 0.387 e. The van der Waals surface area contributed by atoms with E-state index >= 15 is 0 Å². The molecular formula is C11H11F3O3. The van der Waals surface area contributed by atoms with E-state index in [0.717, 1.165) is 12.1 Å². The first-order valence-electron chi connectivity index (χ1n) is 4.91. The Kier molecular flexibility index (Phi) is 4.81. The lowest BCUT2D eigenvalue weighted by atomic mass is 10.1. The standard InChI is InChI=1S/C11H11F3O3/c1-2-16-10(15)5-7-3-4-8(12)6-9(7)17-11(13)14/h3-4,6,11H,2,5H2,1H3. The van der Waals surface area contributed by atoms with E-state index in [4.69, 9.17) is 0 Å². The lowest BCUT2D eigenvalue weighted by Gasteiger charge is -2.10. The average Bonchev–Trinajstić information content (AvgIpc) is 2.21. The van der Waals surface area contributed by atoms with E-state index in [-0.39, 0.29) is 24.3 Å². The van der Waals surface area contributed by atoms with Crippen molar-refractivity contribution in [2.75, 3.05) is 6.61 Å². The van der Waals surface area contributed by atoms with Crippen LogP contribution < -0.4 is 4.74 Å². The van der Waals surface area contributed by atoms with Crippen molar-refractivity contribution in [1.82, 2.24) is 0 Å². The third kappa shape index (κ3) is 4.34. The number of halogens is 3. The van der Waals surface area contributed by atoms with Crippen LogP contribution in [-0.2, 0) is 16.0 Å². The largest absolute Gasteiger partial charge is 0.466 e. The minimum atomic E-state index is -3.07. The van der Waals surface area contributed by atoms with Crippen LogP contribution in [0.1, 0.15) is 12.5 Å².